The van der Waals surface area contributed by atoms with Gasteiger partial charge in [-0.25, -0.2) is 8.78 Å². The number of hydrogen-bond acceptors (Lipinski definition) is 2. The molecule has 0 amide bonds. The minimum Gasteiger partial charge on any atom is -0.397 e. The molecule has 1 aliphatic heterocycles. The zero-order valence-corrected chi connectivity index (χ0v) is 9.56. The van der Waals surface area contributed by atoms with E-state index in [0.29, 0.717) is 12.2 Å². The average Bonchev–Trinajstić information content (AvgIpc) is 2.53. The van der Waals surface area contributed by atoms with Crippen molar-refractivity contribution in [3.8, 4) is 0 Å². The molecule has 0 atom stereocenters. The zero-order valence-electron chi connectivity index (χ0n) is 9.56. The van der Waals surface area contributed by atoms with Gasteiger partial charge in [0.1, 0.15) is 0 Å². The highest BCUT2D eigenvalue weighted by Crippen LogP contribution is 2.37. The van der Waals surface area contributed by atoms with Crippen molar-refractivity contribution in [2.45, 2.75) is 20.3 Å². The lowest BCUT2D eigenvalue weighted by Gasteiger charge is -2.23. The third kappa shape index (κ3) is 1.84. The van der Waals surface area contributed by atoms with Crippen LogP contribution in [0.1, 0.15) is 20.3 Å². The van der Waals surface area contributed by atoms with Crippen molar-refractivity contribution >= 4 is 11.4 Å². The van der Waals surface area contributed by atoms with Crippen LogP contribution in [-0.4, -0.2) is 13.1 Å². The number of rotatable bonds is 1. The lowest BCUT2D eigenvalue weighted by molar-refractivity contribution is 0.418. The summed E-state index contributed by atoms with van der Waals surface area (Å²) < 4.78 is 26.8. The van der Waals surface area contributed by atoms with Gasteiger partial charge in [0.15, 0.2) is 11.6 Å². The molecule has 1 aliphatic rings. The Morgan fingerprint density at radius 3 is 2.56 bits per heavy atom. The summed E-state index contributed by atoms with van der Waals surface area (Å²) in [5.74, 6) is -1.67. The summed E-state index contributed by atoms with van der Waals surface area (Å²) >= 11 is 0. The molecule has 16 heavy (non-hydrogen) atoms. The molecule has 0 radical (unpaired) electrons. The van der Waals surface area contributed by atoms with E-state index in [0.717, 1.165) is 19.0 Å². The van der Waals surface area contributed by atoms with Gasteiger partial charge in [-0.3, -0.25) is 0 Å². The summed E-state index contributed by atoms with van der Waals surface area (Å²) in [6.45, 7) is 5.65. The predicted octanol–water partition coefficient (Wildman–Crippen LogP) is 2.78. The van der Waals surface area contributed by atoms with Crippen LogP contribution in [0.4, 0.5) is 20.2 Å². The van der Waals surface area contributed by atoms with Crippen molar-refractivity contribution in [3.63, 3.8) is 0 Å². The van der Waals surface area contributed by atoms with Crippen molar-refractivity contribution in [1.29, 1.82) is 0 Å². The molecule has 0 aliphatic carbocycles. The van der Waals surface area contributed by atoms with E-state index in [-0.39, 0.29) is 11.1 Å². The van der Waals surface area contributed by atoms with E-state index in [1.165, 1.54) is 6.07 Å². The van der Waals surface area contributed by atoms with Crippen LogP contribution in [0.2, 0.25) is 0 Å². The molecule has 0 aromatic heterocycles. The Morgan fingerprint density at radius 1 is 1.31 bits per heavy atom. The number of halogens is 2. The molecule has 1 saturated heterocycles. The van der Waals surface area contributed by atoms with Crippen molar-refractivity contribution in [3.05, 3.63) is 23.8 Å². The van der Waals surface area contributed by atoms with Gasteiger partial charge >= 0.3 is 0 Å². The maximum absolute atomic E-state index is 13.7. The van der Waals surface area contributed by atoms with E-state index in [2.05, 4.69) is 13.8 Å². The van der Waals surface area contributed by atoms with E-state index in [9.17, 15) is 8.78 Å². The molecule has 1 aromatic rings. The highest BCUT2D eigenvalue weighted by molar-refractivity contribution is 5.69. The second kappa shape index (κ2) is 3.61. The number of nitrogen functional groups attached to an aromatic ring is 1. The summed E-state index contributed by atoms with van der Waals surface area (Å²) in [6, 6.07) is 2.48. The minimum atomic E-state index is -0.839. The maximum Gasteiger partial charge on any atom is 0.184 e. The molecule has 0 bridgehead atoms. The van der Waals surface area contributed by atoms with E-state index in [1.807, 2.05) is 4.90 Å². The van der Waals surface area contributed by atoms with Crippen LogP contribution in [0.15, 0.2) is 12.1 Å². The Bertz CT molecular complexity index is 416. The fourth-order valence-electron chi connectivity index (χ4n) is 2.18. The fourth-order valence-corrected chi connectivity index (χ4v) is 2.18. The highest BCUT2D eigenvalue weighted by atomic mass is 19.2. The van der Waals surface area contributed by atoms with Gasteiger partial charge in [0.25, 0.3) is 0 Å². The van der Waals surface area contributed by atoms with Crippen molar-refractivity contribution < 1.29 is 8.78 Å². The van der Waals surface area contributed by atoms with E-state index < -0.39 is 11.6 Å². The van der Waals surface area contributed by atoms with Gasteiger partial charge < -0.3 is 10.6 Å². The molecule has 0 saturated carbocycles. The molecule has 88 valence electrons. The lowest BCUT2D eigenvalue weighted by Crippen LogP contribution is -2.25. The van der Waals surface area contributed by atoms with Gasteiger partial charge in [0.05, 0.1) is 11.4 Å². The number of anilines is 2. The quantitative estimate of drug-likeness (QED) is 0.746. The van der Waals surface area contributed by atoms with Gasteiger partial charge in [0, 0.05) is 13.1 Å². The van der Waals surface area contributed by atoms with Crippen molar-refractivity contribution in [2.75, 3.05) is 23.7 Å². The van der Waals surface area contributed by atoms with Gasteiger partial charge in [0.2, 0.25) is 0 Å². The SMILES string of the molecule is CC1(C)CCN(c2c(N)ccc(F)c2F)C1. The first-order valence-corrected chi connectivity index (χ1v) is 5.39. The van der Waals surface area contributed by atoms with Crippen LogP contribution in [0.3, 0.4) is 0 Å². The molecule has 2 nitrogen and oxygen atoms in total. The molecule has 2 rings (SSSR count). The standard InChI is InChI=1S/C12H16F2N2/c1-12(2)5-6-16(7-12)11-9(15)4-3-8(13)10(11)14/h3-4H,5-7,15H2,1-2H3. The molecule has 1 fully saturated rings. The Labute approximate surface area is 94.0 Å². The van der Waals surface area contributed by atoms with Gasteiger partial charge in [-0.1, -0.05) is 13.8 Å². The first kappa shape index (κ1) is 11.2. The molecule has 2 N–H and O–H groups in total. The van der Waals surface area contributed by atoms with Crippen molar-refractivity contribution in [2.24, 2.45) is 5.41 Å². The average molecular weight is 226 g/mol. The van der Waals surface area contributed by atoms with E-state index in [1.54, 1.807) is 0 Å². The van der Waals surface area contributed by atoms with E-state index >= 15 is 0 Å². The summed E-state index contributed by atoms with van der Waals surface area (Å²) in [4.78, 5) is 1.83. The summed E-state index contributed by atoms with van der Waals surface area (Å²) in [5.41, 5.74) is 6.36. The maximum atomic E-state index is 13.7. The predicted molar refractivity (Wildman–Crippen MR) is 61.4 cm³/mol. The molecular weight excluding hydrogens is 210 g/mol. The lowest BCUT2D eigenvalue weighted by atomic mass is 9.93. The number of nitrogens with two attached hydrogens (primary N) is 1. The molecule has 1 heterocycles. The second-order valence-corrected chi connectivity index (χ2v) is 5.13. The smallest absolute Gasteiger partial charge is 0.184 e. The molecule has 1 aromatic carbocycles. The summed E-state index contributed by atoms with van der Waals surface area (Å²) in [6.07, 6.45) is 0.961. The second-order valence-electron chi connectivity index (χ2n) is 5.13. The van der Waals surface area contributed by atoms with Crippen LogP contribution in [-0.2, 0) is 0 Å². The largest absolute Gasteiger partial charge is 0.397 e. The number of hydrogen-bond donors (Lipinski definition) is 1. The van der Waals surface area contributed by atoms with Crippen LogP contribution >= 0.6 is 0 Å². The number of benzene rings is 1. The summed E-state index contributed by atoms with van der Waals surface area (Å²) in [5, 5.41) is 0. The third-order valence-corrected chi connectivity index (χ3v) is 3.09. The van der Waals surface area contributed by atoms with Gasteiger partial charge in [-0.15, -0.1) is 0 Å². The van der Waals surface area contributed by atoms with E-state index in [4.69, 9.17) is 5.73 Å². The van der Waals surface area contributed by atoms with Crippen LogP contribution in [0.5, 0.6) is 0 Å². The number of nitrogens with zero attached hydrogens (tertiary/aromatic N) is 1. The third-order valence-electron chi connectivity index (χ3n) is 3.09. The van der Waals surface area contributed by atoms with Gasteiger partial charge in [-0.05, 0) is 24.0 Å². The first-order valence-electron chi connectivity index (χ1n) is 5.39. The Hall–Kier alpha value is -1.32. The topological polar surface area (TPSA) is 29.3 Å². The Morgan fingerprint density at radius 2 is 2.00 bits per heavy atom. The van der Waals surface area contributed by atoms with Gasteiger partial charge in [-0.2, -0.15) is 0 Å². The normalized spacial score (nSPS) is 19.1. The van der Waals surface area contributed by atoms with Crippen LogP contribution in [0.25, 0.3) is 0 Å². The fraction of sp³-hybridized carbons (Fsp3) is 0.500. The highest BCUT2D eigenvalue weighted by Gasteiger charge is 2.32. The minimum absolute atomic E-state index is 0.130. The monoisotopic (exact) mass is 226 g/mol. The van der Waals surface area contributed by atoms with Crippen LogP contribution < -0.4 is 10.6 Å². The Kier molecular flexibility index (Phi) is 2.52. The molecule has 0 unspecified atom stereocenters. The summed E-state index contributed by atoms with van der Waals surface area (Å²) in [7, 11) is 0. The van der Waals surface area contributed by atoms with Crippen molar-refractivity contribution in [1.82, 2.24) is 0 Å². The molecule has 0 spiro atoms. The Balaban J connectivity index is 2.38. The van der Waals surface area contributed by atoms with Crippen LogP contribution in [0, 0.1) is 17.0 Å². The zero-order chi connectivity index (χ0) is 11.9. The molecular formula is C12H16F2N2. The first-order chi connectivity index (χ1) is 7.41. The molecule has 4 heteroatoms.